The molecule has 0 spiro atoms. The fourth-order valence-corrected chi connectivity index (χ4v) is 3.64. The second-order valence-electron chi connectivity index (χ2n) is 5.22. The quantitative estimate of drug-likeness (QED) is 0.743. The molecule has 5 heteroatoms. The van der Waals surface area contributed by atoms with E-state index in [4.69, 9.17) is 0 Å². The lowest BCUT2D eigenvalue weighted by Crippen LogP contribution is -2.32. The van der Waals surface area contributed by atoms with Gasteiger partial charge in [0.2, 0.25) is 5.91 Å². The summed E-state index contributed by atoms with van der Waals surface area (Å²) in [5.74, 6) is 0.426. The summed E-state index contributed by atoms with van der Waals surface area (Å²) < 4.78 is 13.8. The minimum Gasteiger partial charge on any atom is -0.355 e. The topological polar surface area (TPSA) is 29.1 Å². The molecule has 0 heterocycles. The van der Waals surface area contributed by atoms with Crippen LogP contribution in [0.4, 0.5) is 4.39 Å². The zero-order chi connectivity index (χ0) is 16.7. The Balaban J connectivity index is 1.74. The van der Waals surface area contributed by atoms with Crippen molar-refractivity contribution in [3.05, 3.63) is 69.9 Å². The monoisotopic (exact) mass is 395 g/mol. The van der Waals surface area contributed by atoms with Crippen LogP contribution in [0.5, 0.6) is 0 Å². The second-order valence-corrected chi connectivity index (χ2v) is 7.40. The van der Waals surface area contributed by atoms with Crippen LogP contribution in [-0.4, -0.2) is 17.7 Å². The molecule has 0 saturated carbocycles. The van der Waals surface area contributed by atoms with Crippen LogP contribution in [0.25, 0.3) is 0 Å². The number of carbonyl (C=O) groups is 1. The molecule has 0 aliphatic carbocycles. The van der Waals surface area contributed by atoms with E-state index in [1.54, 1.807) is 6.07 Å². The highest BCUT2D eigenvalue weighted by Gasteiger charge is 2.13. The molecule has 0 aliphatic rings. The van der Waals surface area contributed by atoms with Gasteiger partial charge in [0, 0.05) is 16.8 Å². The Hall–Kier alpha value is -1.33. The number of thioether (sulfide) groups is 1. The molecule has 122 valence electrons. The molecule has 0 radical (unpaired) electrons. The maximum absolute atomic E-state index is 13.1. The molecule has 0 aromatic heterocycles. The molecule has 1 atom stereocenters. The zero-order valence-corrected chi connectivity index (χ0v) is 15.3. The molecule has 2 nitrogen and oxygen atoms in total. The van der Waals surface area contributed by atoms with Crippen molar-refractivity contribution >= 4 is 33.6 Å². The van der Waals surface area contributed by atoms with E-state index < -0.39 is 0 Å². The summed E-state index contributed by atoms with van der Waals surface area (Å²) in [6.07, 6.45) is 0.827. The normalized spacial score (nSPS) is 12.0. The van der Waals surface area contributed by atoms with E-state index in [0.717, 1.165) is 16.5 Å². The highest BCUT2D eigenvalue weighted by atomic mass is 79.9. The smallest absolute Gasteiger partial charge is 0.232 e. The summed E-state index contributed by atoms with van der Waals surface area (Å²) in [4.78, 5) is 12.1. The van der Waals surface area contributed by atoms with Crippen LogP contribution in [0.2, 0.25) is 0 Å². The van der Waals surface area contributed by atoms with Crippen molar-refractivity contribution in [2.45, 2.75) is 24.3 Å². The average molecular weight is 396 g/mol. The fraction of sp³-hybridized carbons (Fsp3) is 0.278. The third-order valence-corrected chi connectivity index (χ3v) is 5.36. The lowest BCUT2D eigenvalue weighted by atomic mass is 10.1. The summed E-state index contributed by atoms with van der Waals surface area (Å²) in [7, 11) is 0. The Labute approximate surface area is 149 Å². The zero-order valence-electron chi connectivity index (χ0n) is 12.9. The summed E-state index contributed by atoms with van der Waals surface area (Å²) >= 11 is 4.89. The minimum atomic E-state index is -0.266. The van der Waals surface area contributed by atoms with E-state index in [0.29, 0.717) is 12.3 Å². The predicted molar refractivity (Wildman–Crippen MR) is 98.0 cm³/mol. The minimum absolute atomic E-state index is 0.0316. The molecule has 1 amide bonds. The number of carbonyl (C=O) groups excluding carboxylic acids is 1. The van der Waals surface area contributed by atoms with Crippen molar-refractivity contribution in [3.63, 3.8) is 0 Å². The van der Waals surface area contributed by atoms with Gasteiger partial charge in [-0.05, 0) is 36.6 Å². The van der Waals surface area contributed by atoms with Crippen molar-refractivity contribution in [1.29, 1.82) is 0 Å². The summed E-state index contributed by atoms with van der Waals surface area (Å²) in [5, 5.41) is 2.81. The Morgan fingerprint density at radius 2 is 2.00 bits per heavy atom. The van der Waals surface area contributed by atoms with Crippen molar-refractivity contribution in [3.8, 4) is 0 Å². The molecule has 0 saturated heterocycles. The van der Waals surface area contributed by atoms with Crippen LogP contribution in [-0.2, 0) is 17.0 Å². The first-order valence-corrected chi connectivity index (χ1v) is 9.27. The van der Waals surface area contributed by atoms with Gasteiger partial charge in [0.05, 0.1) is 5.25 Å². The van der Waals surface area contributed by atoms with Crippen molar-refractivity contribution in [2.75, 3.05) is 6.54 Å². The number of benzene rings is 2. The maximum atomic E-state index is 13.1. The average Bonchev–Trinajstić information content (AvgIpc) is 2.54. The Morgan fingerprint density at radius 1 is 1.26 bits per heavy atom. The molecule has 1 N–H and O–H groups in total. The van der Waals surface area contributed by atoms with Crippen LogP contribution in [0.15, 0.2) is 53.0 Å². The second kappa shape index (κ2) is 9.08. The number of hydrogen-bond donors (Lipinski definition) is 1. The SMILES string of the molecule is CC(SCc1ccc(F)cc1Br)C(=O)NCCc1ccccc1. The van der Waals surface area contributed by atoms with E-state index in [9.17, 15) is 9.18 Å². The Bertz CT molecular complexity index is 651. The van der Waals surface area contributed by atoms with Crippen LogP contribution in [0.1, 0.15) is 18.1 Å². The van der Waals surface area contributed by atoms with Gasteiger partial charge >= 0.3 is 0 Å². The molecule has 0 fully saturated rings. The standard InChI is InChI=1S/C18H19BrFNOS/c1-13(23-12-15-7-8-16(20)11-17(15)19)18(22)21-10-9-14-5-3-2-4-6-14/h2-8,11,13H,9-10,12H2,1H3,(H,21,22). The molecule has 2 aromatic rings. The number of nitrogens with one attached hydrogen (secondary N) is 1. The van der Waals surface area contributed by atoms with E-state index in [2.05, 4.69) is 33.4 Å². The number of hydrogen-bond acceptors (Lipinski definition) is 2. The lowest BCUT2D eigenvalue weighted by molar-refractivity contribution is -0.120. The maximum Gasteiger partial charge on any atom is 0.232 e. The van der Waals surface area contributed by atoms with E-state index >= 15 is 0 Å². The van der Waals surface area contributed by atoms with Crippen molar-refractivity contribution in [1.82, 2.24) is 5.32 Å². The van der Waals surface area contributed by atoms with Crippen LogP contribution in [0.3, 0.4) is 0 Å². The van der Waals surface area contributed by atoms with Gasteiger partial charge in [0.1, 0.15) is 5.82 Å². The Morgan fingerprint density at radius 3 is 2.70 bits per heavy atom. The first-order valence-electron chi connectivity index (χ1n) is 7.43. The molecule has 0 aliphatic heterocycles. The third kappa shape index (κ3) is 5.99. The first-order chi connectivity index (χ1) is 11.1. The summed E-state index contributed by atoms with van der Waals surface area (Å²) in [6.45, 7) is 2.52. The van der Waals surface area contributed by atoms with Gasteiger partial charge in [-0.1, -0.05) is 52.3 Å². The van der Waals surface area contributed by atoms with Gasteiger partial charge in [-0.3, -0.25) is 4.79 Å². The van der Waals surface area contributed by atoms with Gasteiger partial charge in [-0.25, -0.2) is 4.39 Å². The molecule has 2 aromatic carbocycles. The van der Waals surface area contributed by atoms with Crippen LogP contribution in [0, 0.1) is 5.82 Å². The molecular formula is C18H19BrFNOS. The number of amides is 1. The molecule has 1 unspecified atom stereocenters. The summed E-state index contributed by atoms with van der Waals surface area (Å²) in [6, 6.07) is 14.7. The lowest BCUT2D eigenvalue weighted by Gasteiger charge is -2.13. The van der Waals surface area contributed by atoms with Gasteiger partial charge in [-0.2, -0.15) is 0 Å². The summed E-state index contributed by atoms with van der Waals surface area (Å²) in [5.41, 5.74) is 2.20. The van der Waals surface area contributed by atoms with Crippen molar-refractivity contribution < 1.29 is 9.18 Å². The molecule has 23 heavy (non-hydrogen) atoms. The number of halogens is 2. The van der Waals surface area contributed by atoms with Gasteiger partial charge in [0.15, 0.2) is 0 Å². The van der Waals surface area contributed by atoms with Crippen molar-refractivity contribution in [2.24, 2.45) is 0 Å². The number of rotatable bonds is 7. The van der Waals surface area contributed by atoms with Crippen LogP contribution < -0.4 is 5.32 Å². The fourth-order valence-electron chi connectivity index (χ4n) is 2.05. The van der Waals surface area contributed by atoms with E-state index in [1.165, 1.54) is 29.5 Å². The van der Waals surface area contributed by atoms with Gasteiger partial charge < -0.3 is 5.32 Å². The van der Waals surface area contributed by atoms with E-state index in [-0.39, 0.29) is 17.0 Å². The third-order valence-electron chi connectivity index (χ3n) is 3.43. The largest absolute Gasteiger partial charge is 0.355 e. The van der Waals surface area contributed by atoms with Gasteiger partial charge in [0.25, 0.3) is 0 Å². The first kappa shape index (κ1) is 18.0. The Kier molecular flexibility index (Phi) is 7.12. The van der Waals surface area contributed by atoms with Crippen LogP contribution >= 0.6 is 27.7 Å². The highest BCUT2D eigenvalue weighted by Crippen LogP contribution is 2.25. The van der Waals surface area contributed by atoms with E-state index in [1.807, 2.05) is 25.1 Å². The molecule has 2 rings (SSSR count). The highest BCUT2D eigenvalue weighted by molar-refractivity contribution is 9.10. The predicted octanol–water partition coefficient (Wildman–Crippen LogP) is 4.57. The van der Waals surface area contributed by atoms with Gasteiger partial charge in [-0.15, -0.1) is 11.8 Å². The molecule has 0 bridgehead atoms. The molecular weight excluding hydrogens is 377 g/mol.